The van der Waals surface area contributed by atoms with E-state index in [0.717, 1.165) is 10.5 Å². The van der Waals surface area contributed by atoms with Gasteiger partial charge in [0, 0.05) is 11.3 Å². The van der Waals surface area contributed by atoms with Crippen LogP contribution in [0, 0.1) is 5.41 Å². The van der Waals surface area contributed by atoms with E-state index in [1.165, 1.54) is 31.2 Å². The third-order valence-electron chi connectivity index (χ3n) is 3.97. The van der Waals surface area contributed by atoms with Crippen molar-refractivity contribution in [2.24, 2.45) is 5.73 Å². The number of hydrogen-bond acceptors (Lipinski definition) is 5. The maximum absolute atomic E-state index is 12.7. The van der Waals surface area contributed by atoms with Crippen LogP contribution in [0.1, 0.15) is 18.1 Å². The number of nitrogen functional groups attached to an aromatic ring is 1. The molecule has 0 spiro atoms. The number of alkyl carbamates (subject to hydrolysis) is 1. The SMILES string of the molecule is C[C@H](NC(=O)OCc1ccccc1)C(=O)N(CC(=O)O)c1ccc(C(=N)N)cc1. The van der Waals surface area contributed by atoms with E-state index in [9.17, 15) is 14.4 Å². The summed E-state index contributed by atoms with van der Waals surface area (Å²) in [7, 11) is 0. The number of carboxylic acid groups (broad SMARTS) is 1. The zero-order chi connectivity index (χ0) is 21.4. The third kappa shape index (κ3) is 6.35. The van der Waals surface area contributed by atoms with E-state index in [0.29, 0.717) is 11.3 Å². The highest BCUT2D eigenvalue weighted by Crippen LogP contribution is 2.16. The Balaban J connectivity index is 2.04. The fourth-order valence-electron chi connectivity index (χ4n) is 2.49. The first-order valence-electron chi connectivity index (χ1n) is 8.72. The molecule has 0 aromatic heterocycles. The molecule has 0 aliphatic heterocycles. The third-order valence-corrected chi connectivity index (χ3v) is 3.97. The summed E-state index contributed by atoms with van der Waals surface area (Å²) in [6, 6.07) is 14.0. The number of nitrogens with zero attached hydrogens (tertiary/aromatic N) is 1. The maximum atomic E-state index is 12.7. The van der Waals surface area contributed by atoms with Crippen LogP contribution in [0.4, 0.5) is 10.5 Å². The molecule has 2 rings (SSSR count). The van der Waals surface area contributed by atoms with Crippen molar-refractivity contribution in [3.05, 3.63) is 65.7 Å². The van der Waals surface area contributed by atoms with Crippen molar-refractivity contribution in [2.45, 2.75) is 19.6 Å². The molecule has 9 nitrogen and oxygen atoms in total. The van der Waals surface area contributed by atoms with Crippen LogP contribution in [0.2, 0.25) is 0 Å². The number of amidine groups is 1. The smallest absolute Gasteiger partial charge is 0.408 e. The van der Waals surface area contributed by atoms with Gasteiger partial charge in [-0.15, -0.1) is 0 Å². The second-order valence-electron chi connectivity index (χ2n) is 6.21. The Morgan fingerprint density at radius 2 is 1.76 bits per heavy atom. The summed E-state index contributed by atoms with van der Waals surface area (Å²) < 4.78 is 5.08. The molecule has 0 saturated heterocycles. The Bertz CT molecular complexity index is 884. The molecule has 0 unspecified atom stereocenters. The van der Waals surface area contributed by atoms with Gasteiger partial charge in [-0.3, -0.25) is 19.9 Å². The summed E-state index contributed by atoms with van der Waals surface area (Å²) in [5, 5.41) is 19.0. The van der Waals surface area contributed by atoms with E-state index >= 15 is 0 Å². The number of nitrogens with two attached hydrogens (primary N) is 1. The van der Waals surface area contributed by atoms with Crippen molar-refractivity contribution >= 4 is 29.5 Å². The van der Waals surface area contributed by atoms with E-state index in [2.05, 4.69) is 5.32 Å². The van der Waals surface area contributed by atoms with E-state index < -0.39 is 30.6 Å². The number of carbonyl (C=O) groups excluding carboxylic acids is 2. The van der Waals surface area contributed by atoms with Gasteiger partial charge in [-0.05, 0) is 36.8 Å². The second-order valence-corrected chi connectivity index (χ2v) is 6.21. The molecule has 1 atom stereocenters. The number of hydrogen-bond donors (Lipinski definition) is 4. The molecule has 0 radical (unpaired) electrons. The number of carboxylic acids is 1. The summed E-state index contributed by atoms with van der Waals surface area (Å²) in [6.07, 6.45) is -0.795. The number of benzene rings is 2. The molecule has 2 aromatic rings. The van der Waals surface area contributed by atoms with E-state index in [4.69, 9.17) is 21.0 Å². The molecule has 5 N–H and O–H groups in total. The molecule has 0 heterocycles. The van der Waals surface area contributed by atoms with E-state index in [1.807, 2.05) is 18.2 Å². The lowest BCUT2D eigenvalue weighted by Gasteiger charge is -2.25. The van der Waals surface area contributed by atoms with Gasteiger partial charge in [-0.2, -0.15) is 0 Å². The van der Waals surface area contributed by atoms with Crippen LogP contribution in [0.15, 0.2) is 54.6 Å². The Morgan fingerprint density at radius 1 is 1.14 bits per heavy atom. The van der Waals surface area contributed by atoms with Crippen molar-refractivity contribution in [3.8, 4) is 0 Å². The van der Waals surface area contributed by atoms with Gasteiger partial charge in [-0.1, -0.05) is 30.3 Å². The Morgan fingerprint density at radius 3 is 2.31 bits per heavy atom. The standard InChI is InChI=1S/C20H22N4O5/c1-13(23-20(28)29-12-14-5-3-2-4-6-14)19(27)24(11-17(25)26)16-9-7-15(8-10-16)18(21)22/h2-10,13H,11-12H2,1H3,(H3,21,22)(H,23,28)(H,25,26)/t13-/m0/s1. The molecule has 0 fully saturated rings. The number of carbonyl (C=O) groups is 3. The van der Waals surface area contributed by atoms with Crippen molar-refractivity contribution in [1.82, 2.24) is 5.32 Å². The van der Waals surface area contributed by atoms with Crippen LogP contribution < -0.4 is 16.0 Å². The molecule has 9 heteroatoms. The van der Waals surface area contributed by atoms with Crippen LogP contribution in [-0.2, 0) is 20.9 Å². The van der Waals surface area contributed by atoms with Gasteiger partial charge in [0.25, 0.3) is 0 Å². The molecule has 2 aromatic carbocycles. The van der Waals surface area contributed by atoms with Crippen molar-refractivity contribution in [2.75, 3.05) is 11.4 Å². The van der Waals surface area contributed by atoms with Crippen molar-refractivity contribution in [3.63, 3.8) is 0 Å². The lowest BCUT2D eigenvalue weighted by molar-refractivity contribution is -0.136. The number of ether oxygens (including phenoxy) is 1. The first-order chi connectivity index (χ1) is 13.8. The van der Waals surface area contributed by atoms with Gasteiger partial charge < -0.3 is 20.9 Å². The maximum Gasteiger partial charge on any atom is 0.408 e. The van der Waals surface area contributed by atoms with Crippen LogP contribution in [-0.4, -0.2) is 41.5 Å². The fourth-order valence-corrected chi connectivity index (χ4v) is 2.49. The summed E-state index contributed by atoms with van der Waals surface area (Å²) in [5.41, 5.74) is 6.93. The number of anilines is 1. The minimum Gasteiger partial charge on any atom is -0.480 e. The predicted octanol–water partition coefficient (Wildman–Crippen LogP) is 1.70. The Kier molecular flexibility index (Phi) is 7.30. The summed E-state index contributed by atoms with van der Waals surface area (Å²) >= 11 is 0. The first kappa shape index (κ1) is 21.4. The highest BCUT2D eigenvalue weighted by atomic mass is 16.5. The molecule has 0 saturated carbocycles. The highest BCUT2D eigenvalue weighted by Gasteiger charge is 2.25. The van der Waals surface area contributed by atoms with Gasteiger partial charge in [-0.25, -0.2) is 4.79 Å². The van der Waals surface area contributed by atoms with Gasteiger partial charge in [0.1, 0.15) is 25.0 Å². The lowest BCUT2D eigenvalue weighted by Crippen LogP contribution is -2.48. The van der Waals surface area contributed by atoms with Gasteiger partial charge in [0.2, 0.25) is 5.91 Å². The van der Waals surface area contributed by atoms with Crippen molar-refractivity contribution < 1.29 is 24.2 Å². The predicted molar refractivity (Wildman–Crippen MR) is 107 cm³/mol. The molecule has 0 aliphatic carbocycles. The molecule has 0 bridgehead atoms. The summed E-state index contributed by atoms with van der Waals surface area (Å²) in [6.45, 7) is 0.882. The normalized spacial score (nSPS) is 11.2. The largest absolute Gasteiger partial charge is 0.480 e. The first-order valence-corrected chi connectivity index (χ1v) is 8.72. The average Bonchev–Trinajstić information content (AvgIpc) is 2.70. The van der Waals surface area contributed by atoms with Crippen molar-refractivity contribution in [1.29, 1.82) is 5.41 Å². The molecule has 0 aliphatic rings. The van der Waals surface area contributed by atoms with Crippen LogP contribution in [0.3, 0.4) is 0 Å². The second kappa shape index (κ2) is 9.88. The summed E-state index contributed by atoms with van der Waals surface area (Å²) in [5.74, 6) is -1.99. The topological polar surface area (TPSA) is 146 Å². The molecular formula is C20H22N4O5. The Labute approximate surface area is 167 Å². The monoisotopic (exact) mass is 398 g/mol. The number of aliphatic carboxylic acids is 1. The minimum absolute atomic E-state index is 0.0406. The molecule has 2 amide bonds. The van der Waals surface area contributed by atoms with Gasteiger partial charge in [0.15, 0.2) is 0 Å². The Hall–Kier alpha value is -3.88. The van der Waals surface area contributed by atoms with Crippen LogP contribution in [0.5, 0.6) is 0 Å². The fraction of sp³-hybridized carbons (Fsp3) is 0.200. The molecule has 29 heavy (non-hydrogen) atoms. The van der Waals surface area contributed by atoms with E-state index in [1.54, 1.807) is 12.1 Å². The lowest BCUT2D eigenvalue weighted by atomic mass is 10.1. The van der Waals surface area contributed by atoms with Crippen LogP contribution in [0.25, 0.3) is 0 Å². The zero-order valence-corrected chi connectivity index (χ0v) is 15.8. The quantitative estimate of drug-likeness (QED) is 0.393. The minimum atomic E-state index is -1.21. The number of amides is 2. The highest BCUT2D eigenvalue weighted by molar-refractivity contribution is 6.02. The van der Waals surface area contributed by atoms with Gasteiger partial charge in [0.05, 0.1) is 0 Å². The van der Waals surface area contributed by atoms with E-state index in [-0.39, 0.29) is 12.4 Å². The zero-order valence-electron chi connectivity index (χ0n) is 15.8. The molecule has 152 valence electrons. The van der Waals surface area contributed by atoms with Gasteiger partial charge >= 0.3 is 12.1 Å². The summed E-state index contributed by atoms with van der Waals surface area (Å²) in [4.78, 5) is 36.9. The number of rotatable bonds is 8. The number of nitrogens with one attached hydrogen (secondary N) is 2. The van der Waals surface area contributed by atoms with Crippen LogP contribution >= 0.6 is 0 Å². The molecular weight excluding hydrogens is 376 g/mol. The average molecular weight is 398 g/mol.